The van der Waals surface area contributed by atoms with Gasteiger partial charge in [-0.2, -0.15) is 0 Å². The highest BCUT2D eigenvalue weighted by Gasteiger charge is 2.06. The summed E-state index contributed by atoms with van der Waals surface area (Å²) in [4.78, 5) is 25.3. The molecule has 0 amide bonds. The number of thiazole rings is 1. The molecule has 0 saturated carbocycles. The molecular weight excluding hydrogens is 294 g/mol. The summed E-state index contributed by atoms with van der Waals surface area (Å²) in [5, 5.41) is 17.9. The van der Waals surface area contributed by atoms with E-state index in [-0.39, 0.29) is 11.5 Å². The molecule has 6 nitrogen and oxygen atoms in total. The van der Waals surface area contributed by atoms with E-state index in [1.165, 1.54) is 6.20 Å². The minimum Gasteiger partial charge on any atom is -0.482 e. The van der Waals surface area contributed by atoms with Crippen LogP contribution >= 0.6 is 11.3 Å². The number of hydrogen-bond acceptors (Lipinski definition) is 5. The number of aliphatic carboxylic acids is 1. The number of hydrogen-bond donors (Lipinski definition) is 2. The Labute approximate surface area is 124 Å². The maximum atomic E-state index is 10.7. The van der Waals surface area contributed by atoms with E-state index in [0.29, 0.717) is 10.8 Å². The number of aromatic nitrogens is 1. The monoisotopic (exact) mass is 305 g/mol. The van der Waals surface area contributed by atoms with Crippen molar-refractivity contribution in [1.82, 2.24) is 4.98 Å². The van der Waals surface area contributed by atoms with Crippen molar-refractivity contribution < 1.29 is 24.5 Å². The molecule has 0 fully saturated rings. The van der Waals surface area contributed by atoms with Gasteiger partial charge in [0.05, 0.1) is 6.20 Å². The van der Waals surface area contributed by atoms with Gasteiger partial charge in [-0.1, -0.05) is 18.2 Å². The van der Waals surface area contributed by atoms with E-state index >= 15 is 0 Å². The molecule has 1 aromatic heterocycles. The molecule has 7 heteroatoms. The van der Waals surface area contributed by atoms with Gasteiger partial charge in [0.25, 0.3) is 0 Å². The fourth-order valence-electron chi connectivity index (χ4n) is 1.45. The van der Waals surface area contributed by atoms with Gasteiger partial charge in [-0.25, -0.2) is 14.6 Å². The van der Waals surface area contributed by atoms with Crippen molar-refractivity contribution in [1.29, 1.82) is 0 Å². The van der Waals surface area contributed by atoms with E-state index in [2.05, 4.69) is 4.98 Å². The van der Waals surface area contributed by atoms with Gasteiger partial charge >= 0.3 is 11.9 Å². The number of carbonyl (C=O) groups is 2. The lowest BCUT2D eigenvalue weighted by Gasteiger charge is -2.02. The van der Waals surface area contributed by atoms with Crippen molar-refractivity contribution in [2.45, 2.75) is 0 Å². The fourth-order valence-corrected chi connectivity index (χ4v) is 2.11. The molecule has 1 heterocycles. The average molecular weight is 305 g/mol. The van der Waals surface area contributed by atoms with E-state index in [9.17, 15) is 9.59 Å². The summed E-state index contributed by atoms with van der Waals surface area (Å²) in [6, 6.07) is 6.85. The van der Waals surface area contributed by atoms with Crippen LogP contribution in [0.4, 0.5) is 0 Å². The van der Waals surface area contributed by atoms with Crippen molar-refractivity contribution in [2.75, 3.05) is 6.61 Å². The normalized spacial score (nSPS) is 10.7. The van der Waals surface area contributed by atoms with Crippen molar-refractivity contribution in [3.63, 3.8) is 0 Å². The fraction of sp³-hybridized carbons (Fsp3) is 0.0714. The quantitative estimate of drug-likeness (QED) is 0.851. The summed E-state index contributed by atoms with van der Waals surface area (Å²) in [7, 11) is 0. The third-order valence-corrected chi connectivity index (χ3v) is 3.35. The first-order chi connectivity index (χ1) is 10.0. The molecule has 0 aliphatic heterocycles. The summed E-state index contributed by atoms with van der Waals surface area (Å²) in [5.74, 6) is -1.55. The van der Waals surface area contributed by atoms with Gasteiger partial charge in [0, 0.05) is 0 Å². The van der Waals surface area contributed by atoms with Crippen LogP contribution in [0.5, 0.6) is 5.75 Å². The molecule has 0 spiro atoms. The van der Waals surface area contributed by atoms with Crippen LogP contribution in [0.15, 0.2) is 30.5 Å². The second-order valence-corrected chi connectivity index (χ2v) is 5.01. The van der Waals surface area contributed by atoms with Gasteiger partial charge in [0.1, 0.15) is 15.6 Å². The lowest BCUT2D eigenvalue weighted by molar-refractivity contribution is -0.139. The van der Waals surface area contributed by atoms with Crippen molar-refractivity contribution in [3.8, 4) is 5.75 Å². The molecule has 0 atom stereocenters. The number of ether oxygens (including phenoxy) is 1. The van der Waals surface area contributed by atoms with Crippen molar-refractivity contribution >= 4 is 35.4 Å². The number of aromatic carboxylic acids is 1. The van der Waals surface area contributed by atoms with Crippen LogP contribution in [0.3, 0.4) is 0 Å². The molecule has 0 radical (unpaired) electrons. The molecule has 108 valence electrons. The average Bonchev–Trinajstić information content (AvgIpc) is 2.93. The van der Waals surface area contributed by atoms with Crippen LogP contribution in [-0.4, -0.2) is 33.7 Å². The van der Waals surface area contributed by atoms with Crippen LogP contribution in [0.25, 0.3) is 12.2 Å². The summed E-state index contributed by atoms with van der Waals surface area (Å²) in [6.07, 6.45) is 4.81. The SMILES string of the molecule is O=C(O)COc1ccc(/C=C/c2ncc(C(=O)O)s2)cc1. The number of carboxylic acid groups (broad SMARTS) is 2. The number of nitrogens with zero attached hydrogens (tertiary/aromatic N) is 1. The molecule has 2 N–H and O–H groups in total. The lowest BCUT2D eigenvalue weighted by atomic mass is 10.2. The molecule has 21 heavy (non-hydrogen) atoms. The van der Waals surface area contributed by atoms with Crippen molar-refractivity contribution in [3.05, 3.63) is 45.9 Å². The van der Waals surface area contributed by atoms with Gasteiger partial charge in [-0.05, 0) is 23.8 Å². The third-order valence-electron chi connectivity index (χ3n) is 2.40. The molecule has 0 bridgehead atoms. The van der Waals surface area contributed by atoms with Crippen LogP contribution in [0, 0.1) is 0 Å². The van der Waals surface area contributed by atoms with E-state index in [1.54, 1.807) is 36.4 Å². The minimum absolute atomic E-state index is 0.187. The maximum absolute atomic E-state index is 10.7. The zero-order chi connectivity index (χ0) is 15.2. The first kappa shape index (κ1) is 14.7. The number of carboxylic acids is 2. The Balaban J connectivity index is 2.00. The number of rotatable bonds is 6. The molecule has 2 rings (SSSR count). The predicted octanol–water partition coefficient (Wildman–Crippen LogP) is 2.48. The van der Waals surface area contributed by atoms with Crippen LogP contribution < -0.4 is 4.74 Å². The lowest BCUT2D eigenvalue weighted by Crippen LogP contribution is -2.09. The van der Waals surface area contributed by atoms with E-state index in [1.807, 2.05) is 0 Å². The molecular formula is C14H11NO5S. The zero-order valence-electron chi connectivity index (χ0n) is 10.7. The first-order valence-corrected chi connectivity index (χ1v) is 6.68. The van der Waals surface area contributed by atoms with Gasteiger partial charge in [-0.15, -0.1) is 11.3 Å². The molecule has 0 saturated heterocycles. The highest BCUT2D eigenvalue weighted by atomic mass is 32.1. The van der Waals surface area contributed by atoms with Gasteiger partial charge in [0.2, 0.25) is 0 Å². The highest BCUT2D eigenvalue weighted by molar-refractivity contribution is 7.14. The summed E-state index contributed by atoms with van der Waals surface area (Å²) < 4.78 is 5.02. The van der Waals surface area contributed by atoms with Crippen LogP contribution in [0.2, 0.25) is 0 Å². The minimum atomic E-state index is -1.03. The first-order valence-electron chi connectivity index (χ1n) is 5.86. The highest BCUT2D eigenvalue weighted by Crippen LogP contribution is 2.17. The van der Waals surface area contributed by atoms with Crippen molar-refractivity contribution in [2.24, 2.45) is 0 Å². The van der Waals surface area contributed by atoms with E-state index in [4.69, 9.17) is 14.9 Å². The van der Waals surface area contributed by atoms with E-state index in [0.717, 1.165) is 16.9 Å². The number of benzene rings is 1. The van der Waals surface area contributed by atoms with Crippen LogP contribution in [0.1, 0.15) is 20.2 Å². The Morgan fingerprint density at radius 3 is 2.48 bits per heavy atom. The Bertz CT molecular complexity index is 675. The second-order valence-electron chi connectivity index (χ2n) is 3.95. The second kappa shape index (κ2) is 6.67. The third kappa shape index (κ3) is 4.43. The summed E-state index contributed by atoms with van der Waals surface area (Å²) in [6.45, 7) is -0.383. The summed E-state index contributed by atoms with van der Waals surface area (Å²) in [5.41, 5.74) is 0.866. The van der Waals surface area contributed by atoms with E-state index < -0.39 is 11.9 Å². The maximum Gasteiger partial charge on any atom is 0.347 e. The molecule has 0 aliphatic carbocycles. The topological polar surface area (TPSA) is 96.7 Å². The standard InChI is InChI=1S/C14H11NO5S/c16-13(17)8-20-10-4-1-9(2-5-10)3-6-12-15-7-11(21-12)14(18)19/h1-7H,8H2,(H,16,17)(H,18,19)/b6-3+. The zero-order valence-corrected chi connectivity index (χ0v) is 11.5. The Hall–Kier alpha value is -2.67. The Kier molecular flexibility index (Phi) is 4.68. The molecule has 0 unspecified atom stereocenters. The Morgan fingerprint density at radius 1 is 1.19 bits per heavy atom. The predicted molar refractivity (Wildman–Crippen MR) is 77.6 cm³/mol. The summed E-state index contributed by atoms with van der Waals surface area (Å²) >= 11 is 1.09. The molecule has 2 aromatic rings. The smallest absolute Gasteiger partial charge is 0.347 e. The van der Waals surface area contributed by atoms with Gasteiger partial charge < -0.3 is 14.9 Å². The largest absolute Gasteiger partial charge is 0.482 e. The van der Waals surface area contributed by atoms with Crippen LogP contribution in [-0.2, 0) is 4.79 Å². The molecule has 0 aliphatic rings. The molecule has 1 aromatic carbocycles. The Morgan fingerprint density at radius 2 is 1.90 bits per heavy atom. The van der Waals surface area contributed by atoms with Gasteiger partial charge in [0.15, 0.2) is 6.61 Å². The van der Waals surface area contributed by atoms with Gasteiger partial charge in [-0.3, -0.25) is 0 Å².